The number of carbonyl (C=O) groups is 1. The zero-order chi connectivity index (χ0) is 14.7. The summed E-state index contributed by atoms with van der Waals surface area (Å²) in [6, 6.07) is 11.6. The first-order valence-electron chi connectivity index (χ1n) is 6.12. The highest BCUT2D eigenvalue weighted by Gasteiger charge is 2.10. The van der Waals surface area contributed by atoms with Crippen molar-refractivity contribution in [3.63, 3.8) is 0 Å². The molecule has 3 rings (SSSR count). The summed E-state index contributed by atoms with van der Waals surface area (Å²) < 4.78 is 0.997. The van der Waals surface area contributed by atoms with E-state index >= 15 is 0 Å². The Kier molecular flexibility index (Phi) is 4.42. The number of hydrogen-bond acceptors (Lipinski definition) is 5. The largest absolute Gasteiger partial charge is 0.300 e. The molecule has 2 aromatic heterocycles. The van der Waals surface area contributed by atoms with Gasteiger partial charge in [-0.3, -0.25) is 4.79 Å². The normalized spacial score (nSPS) is 10.5. The van der Waals surface area contributed by atoms with E-state index < -0.39 is 0 Å². The molecule has 0 aliphatic heterocycles. The summed E-state index contributed by atoms with van der Waals surface area (Å²) in [5.74, 6) is -0.0915. The van der Waals surface area contributed by atoms with Gasteiger partial charge in [0.05, 0.1) is 11.3 Å². The average Bonchev–Trinajstić information content (AvgIpc) is 3.12. The minimum absolute atomic E-state index is 0.0915. The van der Waals surface area contributed by atoms with E-state index in [0.29, 0.717) is 11.6 Å². The van der Waals surface area contributed by atoms with E-state index in [2.05, 4.69) is 31.4 Å². The Balaban J connectivity index is 1.64. The molecule has 0 spiro atoms. The van der Waals surface area contributed by atoms with Crippen molar-refractivity contribution < 1.29 is 4.79 Å². The standard InChI is InChI=1S/C14H10BrN3OS2/c15-10-5-3-9(4-6-10)8-12(19)16-14-18-17-13(21-14)11-2-1-7-20-11/h1-7H,8H2,(H,16,18,19). The van der Waals surface area contributed by atoms with Crippen molar-refractivity contribution in [1.82, 2.24) is 10.2 Å². The Bertz CT molecular complexity index is 738. The van der Waals surface area contributed by atoms with E-state index in [4.69, 9.17) is 0 Å². The van der Waals surface area contributed by atoms with Crippen LogP contribution < -0.4 is 5.32 Å². The maximum absolute atomic E-state index is 12.0. The molecule has 4 nitrogen and oxygen atoms in total. The molecule has 106 valence electrons. The molecule has 1 aromatic carbocycles. The Morgan fingerprint density at radius 2 is 2.00 bits per heavy atom. The number of amides is 1. The van der Waals surface area contributed by atoms with Crippen LogP contribution in [0.1, 0.15) is 5.56 Å². The number of thiophene rings is 1. The molecule has 7 heteroatoms. The number of aromatic nitrogens is 2. The number of halogens is 1. The molecular formula is C14H10BrN3OS2. The fourth-order valence-corrected chi connectivity index (χ4v) is 3.54. The monoisotopic (exact) mass is 379 g/mol. The highest BCUT2D eigenvalue weighted by molar-refractivity contribution is 9.10. The van der Waals surface area contributed by atoms with Crippen molar-refractivity contribution >= 4 is 49.6 Å². The van der Waals surface area contributed by atoms with Gasteiger partial charge in [-0.25, -0.2) is 0 Å². The van der Waals surface area contributed by atoms with Crippen molar-refractivity contribution in [1.29, 1.82) is 0 Å². The number of anilines is 1. The van der Waals surface area contributed by atoms with Crippen molar-refractivity contribution in [2.45, 2.75) is 6.42 Å². The second-order valence-electron chi connectivity index (χ2n) is 4.24. The Hall–Kier alpha value is -1.57. The van der Waals surface area contributed by atoms with Crippen LogP contribution in [-0.4, -0.2) is 16.1 Å². The smallest absolute Gasteiger partial charge is 0.230 e. The van der Waals surface area contributed by atoms with Gasteiger partial charge in [0.15, 0.2) is 5.01 Å². The number of nitrogens with one attached hydrogen (secondary N) is 1. The van der Waals surface area contributed by atoms with Crippen molar-refractivity contribution in [3.05, 3.63) is 51.8 Å². The SMILES string of the molecule is O=C(Cc1ccc(Br)cc1)Nc1nnc(-c2cccs2)s1. The van der Waals surface area contributed by atoms with E-state index in [9.17, 15) is 4.79 Å². The lowest BCUT2D eigenvalue weighted by molar-refractivity contribution is -0.115. The molecule has 0 aliphatic carbocycles. The summed E-state index contributed by atoms with van der Waals surface area (Å²) >= 11 is 6.35. The van der Waals surface area contributed by atoms with E-state index in [-0.39, 0.29) is 5.91 Å². The predicted octanol–water partition coefficient (Wildman–Crippen LogP) is 4.21. The van der Waals surface area contributed by atoms with Crippen LogP contribution in [0.3, 0.4) is 0 Å². The number of hydrogen-bond donors (Lipinski definition) is 1. The molecule has 21 heavy (non-hydrogen) atoms. The third-order valence-electron chi connectivity index (χ3n) is 2.68. The summed E-state index contributed by atoms with van der Waals surface area (Å²) in [7, 11) is 0. The van der Waals surface area contributed by atoms with Crippen LogP contribution in [0.4, 0.5) is 5.13 Å². The van der Waals surface area contributed by atoms with E-state index in [1.54, 1.807) is 11.3 Å². The molecule has 0 saturated carbocycles. The number of carbonyl (C=O) groups excluding carboxylic acids is 1. The Morgan fingerprint density at radius 1 is 1.19 bits per heavy atom. The van der Waals surface area contributed by atoms with Gasteiger partial charge in [-0.15, -0.1) is 21.5 Å². The van der Waals surface area contributed by atoms with Gasteiger partial charge in [-0.2, -0.15) is 0 Å². The van der Waals surface area contributed by atoms with Crippen LogP contribution >= 0.6 is 38.6 Å². The van der Waals surface area contributed by atoms with Gasteiger partial charge in [0.1, 0.15) is 0 Å². The molecule has 0 aliphatic rings. The Morgan fingerprint density at radius 3 is 2.71 bits per heavy atom. The summed E-state index contributed by atoms with van der Waals surface area (Å²) in [5.41, 5.74) is 0.957. The van der Waals surface area contributed by atoms with Crippen molar-refractivity contribution in [2.24, 2.45) is 0 Å². The first kappa shape index (κ1) is 14.4. The second kappa shape index (κ2) is 6.46. The quantitative estimate of drug-likeness (QED) is 0.738. The minimum Gasteiger partial charge on any atom is -0.300 e. The molecule has 0 unspecified atom stereocenters. The van der Waals surface area contributed by atoms with Gasteiger partial charge in [0, 0.05) is 4.47 Å². The lowest BCUT2D eigenvalue weighted by atomic mass is 10.1. The minimum atomic E-state index is -0.0915. The molecule has 0 saturated heterocycles. The molecule has 0 radical (unpaired) electrons. The highest BCUT2D eigenvalue weighted by Crippen LogP contribution is 2.29. The van der Waals surface area contributed by atoms with Crippen LogP contribution in [0, 0.1) is 0 Å². The van der Waals surface area contributed by atoms with Gasteiger partial charge in [-0.05, 0) is 29.1 Å². The molecule has 2 heterocycles. The maximum atomic E-state index is 12.0. The zero-order valence-corrected chi connectivity index (χ0v) is 14.0. The van der Waals surface area contributed by atoms with Crippen LogP contribution in [0.25, 0.3) is 9.88 Å². The molecule has 1 N–H and O–H groups in total. The Labute approximate surface area is 138 Å². The van der Waals surface area contributed by atoms with Gasteiger partial charge in [-0.1, -0.05) is 45.5 Å². The average molecular weight is 380 g/mol. The van der Waals surface area contributed by atoms with Crippen LogP contribution in [0.5, 0.6) is 0 Å². The lowest BCUT2D eigenvalue weighted by Gasteiger charge is -2.01. The highest BCUT2D eigenvalue weighted by atomic mass is 79.9. The van der Waals surface area contributed by atoms with Crippen molar-refractivity contribution in [3.8, 4) is 9.88 Å². The first-order chi connectivity index (χ1) is 10.2. The van der Waals surface area contributed by atoms with Gasteiger partial charge in [0.25, 0.3) is 0 Å². The third kappa shape index (κ3) is 3.75. The van der Waals surface area contributed by atoms with Gasteiger partial charge < -0.3 is 5.32 Å². The fraction of sp³-hybridized carbons (Fsp3) is 0.0714. The fourth-order valence-electron chi connectivity index (χ4n) is 1.72. The second-order valence-corrected chi connectivity index (χ2v) is 7.08. The maximum Gasteiger partial charge on any atom is 0.230 e. The number of nitrogens with zero attached hydrogens (tertiary/aromatic N) is 2. The summed E-state index contributed by atoms with van der Waals surface area (Å²) in [4.78, 5) is 13.0. The first-order valence-corrected chi connectivity index (χ1v) is 8.61. The van der Waals surface area contributed by atoms with E-state index in [1.165, 1.54) is 11.3 Å². The zero-order valence-electron chi connectivity index (χ0n) is 10.7. The van der Waals surface area contributed by atoms with Gasteiger partial charge in [0.2, 0.25) is 11.0 Å². The van der Waals surface area contributed by atoms with Crippen LogP contribution in [0.15, 0.2) is 46.3 Å². The predicted molar refractivity (Wildman–Crippen MR) is 89.7 cm³/mol. The molecular weight excluding hydrogens is 370 g/mol. The third-order valence-corrected chi connectivity index (χ3v) is 5.09. The van der Waals surface area contributed by atoms with E-state index in [1.807, 2.05) is 41.8 Å². The lowest BCUT2D eigenvalue weighted by Crippen LogP contribution is -2.14. The molecule has 3 aromatic rings. The van der Waals surface area contributed by atoms with Gasteiger partial charge >= 0.3 is 0 Å². The summed E-state index contributed by atoms with van der Waals surface area (Å²) in [6.07, 6.45) is 0.321. The van der Waals surface area contributed by atoms with Crippen LogP contribution in [0.2, 0.25) is 0 Å². The van der Waals surface area contributed by atoms with Crippen LogP contribution in [-0.2, 0) is 11.2 Å². The molecule has 1 amide bonds. The van der Waals surface area contributed by atoms with E-state index in [0.717, 1.165) is 19.9 Å². The number of benzene rings is 1. The van der Waals surface area contributed by atoms with Crippen molar-refractivity contribution in [2.75, 3.05) is 5.32 Å². The summed E-state index contributed by atoms with van der Waals surface area (Å²) in [6.45, 7) is 0. The summed E-state index contributed by atoms with van der Waals surface area (Å²) in [5, 5.41) is 14.2. The number of rotatable bonds is 4. The molecule has 0 fully saturated rings. The topological polar surface area (TPSA) is 54.9 Å². The molecule has 0 atom stereocenters. The molecule has 0 bridgehead atoms.